The Labute approximate surface area is 160 Å². The van der Waals surface area contributed by atoms with E-state index in [-0.39, 0.29) is 23.9 Å². The van der Waals surface area contributed by atoms with E-state index in [4.69, 9.17) is 31.5 Å². The van der Waals surface area contributed by atoms with Crippen molar-refractivity contribution in [2.45, 2.75) is 18.1 Å². The maximum atomic E-state index is 13.8. The summed E-state index contributed by atoms with van der Waals surface area (Å²) in [4.78, 5) is 4.69. The summed E-state index contributed by atoms with van der Waals surface area (Å²) in [6, 6.07) is 10.4. The van der Waals surface area contributed by atoms with Crippen LogP contribution in [0.1, 0.15) is 12.0 Å². The number of ether oxygens (including phenoxy) is 3. The molecule has 0 radical (unpaired) electrons. The average Bonchev–Trinajstić information content (AvgIpc) is 3.03. The Bertz CT molecular complexity index is 931. The molecule has 140 valence electrons. The van der Waals surface area contributed by atoms with E-state index in [1.165, 1.54) is 12.1 Å². The molecule has 0 bridgehead atoms. The first-order chi connectivity index (χ1) is 13.0. The molecule has 5 rings (SSSR count). The molecule has 3 heterocycles. The molecule has 3 aliphatic rings. The summed E-state index contributed by atoms with van der Waals surface area (Å²) in [6.07, 6.45) is 0.793. The number of rotatable bonds is 1. The number of hydrogen-bond donors (Lipinski definition) is 1. The molecule has 2 N–H and O–H groups in total. The van der Waals surface area contributed by atoms with Crippen molar-refractivity contribution >= 4 is 17.6 Å². The van der Waals surface area contributed by atoms with Crippen LogP contribution in [0.3, 0.4) is 0 Å². The number of amidine groups is 1. The van der Waals surface area contributed by atoms with Crippen LogP contribution >= 0.6 is 11.6 Å². The van der Waals surface area contributed by atoms with Gasteiger partial charge in [-0.3, -0.25) is 0 Å². The lowest BCUT2D eigenvalue weighted by atomic mass is 9.72. The van der Waals surface area contributed by atoms with Crippen molar-refractivity contribution in [3.8, 4) is 16.9 Å². The van der Waals surface area contributed by atoms with E-state index < -0.39 is 5.54 Å². The molecule has 7 heteroatoms. The van der Waals surface area contributed by atoms with Crippen LogP contribution in [-0.2, 0) is 15.0 Å². The van der Waals surface area contributed by atoms with Crippen molar-refractivity contribution < 1.29 is 18.6 Å². The molecule has 1 saturated heterocycles. The van der Waals surface area contributed by atoms with Crippen LogP contribution in [0, 0.1) is 11.7 Å². The van der Waals surface area contributed by atoms with Gasteiger partial charge in [-0.2, -0.15) is 0 Å². The number of nitrogens with two attached hydrogens (primary N) is 1. The summed E-state index contributed by atoms with van der Waals surface area (Å²) in [5, 5.41) is 0.348. The number of benzene rings is 2. The van der Waals surface area contributed by atoms with Crippen LogP contribution in [0.2, 0.25) is 5.02 Å². The Morgan fingerprint density at radius 2 is 2.07 bits per heavy atom. The summed E-state index contributed by atoms with van der Waals surface area (Å²) in [6.45, 7) is 1.53. The van der Waals surface area contributed by atoms with Gasteiger partial charge >= 0.3 is 0 Å². The highest BCUT2D eigenvalue weighted by Crippen LogP contribution is 2.50. The molecule has 2 unspecified atom stereocenters. The van der Waals surface area contributed by atoms with Gasteiger partial charge < -0.3 is 19.9 Å². The van der Waals surface area contributed by atoms with Gasteiger partial charge in [0, 0.05) is 17.0 Å². The van der Waals surface area contributed by atoms with Crippen LogP contribution in [0.15, 0.2) is 41.4 Å². The summed E-state index contributed by atoms with van der Waals surface area (Å²) < 4.78 is 31.4. The molecule has 1 fully saturated rings. The normalized spacial score (nSPS) is 28.7. The molecule has 2 aromatic rings. The van der Waals surface area contributed by atoms with Gasteiger partial charge in [0.25, 0.3) is 6.02 Å². The van der Waals surface area contributed by atoms with Crippen LogP contribution in [0.5, 0.6) is 5.75 Å². The van der Waals surface area contributed by atoms with Crippen molar-refractivity contribution in [1.82, 2.24) is 0 Å². The van der Waals surface area contributed by atoms with Crippen LogP contribution in [0.25, 0.3) is 11.1 Å². The minimum absolute atomic E-state index is 0.000959. The van der Waals surface area contributed by atoms with Gasteiger partial charge in [-0.15, -0.1) is 0 Å². The van der Waals surface area contributed by atoms with Gasteiger partial charge in [-0.1, -0.05) is 17.7 Å². The summed E-state index contributed by atoms with van der Waals surface area (Å²) in [5.74, 6) is 0.381. The predicted molar refractivity (Wildman–Crippen MR) is 99.4 cm³/mol. The third-order valence-corrected chi connectivity index (χ3v) is 5.79. The lowest BCUT2D eigenvalue weighted by molar-refractivity contribution is -0.0726. The zero-order valence-corrected chi connectivity index (χ0v) is 15.2. The lowest BCUT2D eigenvalue weighted by Crippen LogP contribution is -2.52. The van der Waals surface area contributed by atoms with E-state index in [0.29, 0.717) is 30.4 Å². The third kappa shape index (κ3) is 2.66. The van der Waals surface area contributed by atoms with Crippen LogP contribution in [-0.4, -0.2) is 31.9 Å². The second kappa shape index (κ2) is 6.11. The molecule has 3 aliphatic heterocycles. The standard InChI is InChI=1S/C20H18ClFN2O3/c21-13-5-12(6-14(22)8-13)11-1-2-17-15(7-11)20(10-26-19(23)24-20)16-9-25-4-3-18(16)27-17/h1-2,5-8,16,18H,3-4,9-10H2,(H2,23,24)/t16-,18?,20?/m1/s1. The Morgan fingerprint density at radius 1 is 1.19 bits per heavy atom. The number of halogens is 2. The quantitative estimate of drug-likeness (QED) is 0.812. The van der Waals surface area contributed by atoms with E-state index in [0.717, 1.165) is 23.3 Å². The molecule has 5 nitrogen and oxygen atoms in total. The highest BCUT2D eigenvalue weighted by atomic mass is 35.5. The Balaban J connectivity index is 1.67. The molecule has 0 amide bonds. The summed E-state index contributed by atoms with van der Waals surface area (Å²) >= 11 is 6.03. The van der Waals surface area contributed by atoms with Crippen molar-refractivity contribution in [2.24, 2.45) is 16.6 Å². The number of aliphatic imine (C=N–C) groups is 1. The van der Waals surface area contributed by atoms with Gasteiger partial charge in [0.15, 0.2) is 0 Å². The average molecular weight is 389 g/mol. The first-order valence-corrected chi connectivity index (χ1v) is 9.26. The SMILES string of the molecule is NC1=NC2(CO1)c1cc(-c3cc(F)cc(Cl)c3)ccc1OC1CCOC[C@H]12. The van der Waals surface area contributed by atoms with Crippen molar-refractivity contribution in [3.05, 3.63) is 52.8 Å². The summed E-state index contributed by atoms with van der Waals surface area (Å²) in [7, 11) is 0. The Morgan fingerprint density at radius 3 is 2.85 bits per heavy atom. The minimum atomic E-state index is -0.657. The minimum Gasteiger partial charge on any atom is -0.489 e. The van der Waals surface area contributed by atoms with E-state index in [9.17, 15) is 4.39 Å². The molecule has 0 aromatic heterocycles. The molecule has 2 aromatic carbocycles. The predicted octanol–water partition coefficient (Wildman–Crippen LogP) is 3.48. The van der Waals surface area contributed by atoms with Crippen LogP contribution < -0.4 is 10.5 Å². The first-order valence-electron chi connectivity index (χ1n) is 8.89. The first kappa shape index (κ1) is 16.8. The van der Waals surface area contributed by atoms with E-state index in [2.05, 4.69) is 4.99 Å². The fraction of sp³-hybridized carbons (Fsp3) is 0.350. The number of hydrogen-bond acceptors (Lipinski definition) is 5. The van der Waals surface area contributed by atoms with E-state index in [1.54, 1.807) is 6.07 Å². The molecule has 0 saturated carbocycles. The molecule has 0 aliphatic carbocycles. The van der Waals surface area contributed by atoms with Gasteiger partial charge in [-0.05, 0) is 41.5 Å². The largest absolute Gasteiger partial charge is 0.489 e. The van der Waals surface area contributed by atoms with Crippen molar-refractivity contribution in [1.29, 1.82) is 0 Å². The zero-order valence-electron chi connectivity index (χ0n) is 14.5. The molecular weight excluding hydrogens is 371 g/mol. The number of nitrogens with zero attached hydrogens (tertiary/aromatic N) is 1. The molecule has 27 heavy (non-hydrogen) atoms. The van der Waals surface area contributed by atoms with E-state index in [1.807, 2.05) is 18.2 Å². The monoisotopic (exact) mass is 388 g/mol. The lowest BCUT2D eigenvalue weighted by Gasteiger charge is -2.45. The highest BCUT2D eigenvalue weighted by molar-refractivity contribution is 6.30. The fourth-order valence-corrected chi connectivity index (χ4v) is 4.53. The smallest absolute Gasteiger partial charge is 0.283 e. The number of fused-ring (bicyclic) bond motifs is 4. The molecular formula is C20H18ClFN2O3. The third-order valence-electron chi connectivity index (χ3n) is 5.58. The van der Waals surface area contributed by atoms with Gasteiger partial charge in [0.2, 0.25) is 0 Å². The van der Waals surface area contributed by atoms with Gasteiger partial charge in [0.05, 0.1) is 19.1 Å². The zero-order chi connectivity index (χ0) is 18.6. The second-order valence-corrected chi connectivity index (χ2v) is 7.59. The van der Waals surface area contributed by atoms with Gasteiger partial charge in [-0.25, -0.2) is 9.38 Å². The molecule has 1 spiro atoms. The highest BCUT2D eigenvalue weighted by Gasteiger charge is 2.54. The van der Waals surface area contributed by atoms with Crippen molar-refractivity contribution in [3.63, 3.8) is 0 Å². The molecule has 3 atom stereocenters. The fourth-order valence-electron chi connectivity index (χ4n) is 4.31. The summed E-state index contributed by atoms with van der Waals surface area (Å²) in [5.41, 5.74) is 7.63. The second-order valence-electron chi connectivity index (χ2n) is 7.16. The topological polar surface area (TPSA) is 66.1 Å². The van der Waals surface area contributed by atoms with E-state index >= 15 is 0 Å². The van der Waals surface area contributed by atoms with Crippen LogP contribution in [0.4, 0.5) is 4.39 Å². The van der Waals surface area contributed by atoms with Crippen molar-refractivity contribution in [2.75, 3.05) is 19.8 Å². The Kier molecular flexibility index (Phi) is 3.81. The van der Waals surface area contributed by atoms with Gasteiger partial charge in [0.1, 0.15) is 29.8 Å². The maximum absolute atomic E-state index is 13.8. The maximum Gasteiger partial charge on any atom is 0.283 e. The Hall–Kier alpha value is -2.31.